The number of nitrogens with one attached hydrogen (secondary N) is 2. The molecule has 3 rings (SSSR count). The van der Waals surface area contributed by atoms with E-state index in [1.807, 2.05) is 24.3 Å². The van der Waals surface area contributed by atoms with Crippen molar-refractivity contribution in [2.24, 2.45) is 0 Å². The zero-order chi connectivity index (χ0) is 20.9. The summed E-state index contributed by atoms with van der Waals surface area (Å²) >= 11 is 0. The molecule has 29 heavy (non-hydrogen) atoms. The average molecular weight is 412 g/mol. The molecule has 0 amide bonds. The van der Waals surface area contributed by atoms with Gasteiger partial charge in [-0.15, -0.1) is 5.92 Å². The molecule has 0 spiro atoms. The van der Waals surface area contributed by atoms with Gasteiger partial charge in [0.25, 0.3) is 0 Å². The van der Waals surface area contributed by atoms with Gasteiger partial charge in [0.2, 0.25) is 10.0 Å². The highest BCUT2D eigenvalue weighted by atomic mass is 32.2. The number of rotatable bonds is 8. The Bertz CT molecular complexity index is 1170. The summed E-state index contributed by atoms with van der Waals surface area (Å²) in [5.74, 6) is 4.66. The van der Waals surface area contributed by atoms with Crippen molar-refractivity contribution in [3.05, 3.63) is 60.3 Å². The molecule has 0 aliphatic rings. The van der Waals surface area contributed by atoms with Crippen LogP contribution >= 0.6 is 0 Å². The van der Waals surface area contributed by atoms with E-state index in [0.29, 0.717) is 5.75 Å². The Morgan fingerprint density at radius 1 is 1.21 bits per heavy atom. The zero-order valence-electron chi connectivity index (χ0n) is 15.7. The second kappa shape index (κ2) is 8.82. The molecule has 8 heteroatoms. The van der Waals surface area contributed by atoms with Gasteiger partial charge in [0.15, 0.2) is 0 Å². The minimum absolute atomic E-state index is 0.00938. The fourth-order valence-electron chi connectivity index (χ4n) is 2.86. The van der Waals surface area contributed by atoms with Crippen molar-refractivity contribution < 1.29 is 23.1 Å². The number of aromatic amines is 1. The first kappa shape index (κ1) is 20.5. The van der Waals surface area contributed by atoms with Crippen LogP contribution in [0.25, 0.3) is 10.9 Å². The highest BCUT2D eigenvalue weighted by Gasteiger charge is 2.26. The summed E-state index contributed by atoms with van der Waals surface area (Å²) in [7, 11) is -4.03. The Labute approximate surface area is 168 Å². The van der Waals surface area contributed by atoms with Gasteiger partial charge in [-0.1, -0.05) is 24.1 Å². The van der Waals surface area contributed by atoms with Crippen LogP contribution in [0.3, 0.4) is 0 Å². The van der Waals surface area contributed by atoms with Crippen molar-refractivity contribution in [1.29, 1.82) is 0 Å². The highest BCUT2D eigenvalue weighted by Crippen LogP contribution is 2.21. The predicted octanol–water partition coefficient (Wildman–Crippen LogP) is 2.54. The Balaban J connectivity index is 1.76. The third-order valence-corrected chi connectivity index (χ3v) is 5.80. The third-order valence-electron chi connectivity index (χ3n) is 4.32. The fourth-order valence-corrected chi connectivity index (χ4v) is 4.05. The molecule has 0 unspecified atom stereocenters. The van der Waals surface area contributed by atoms with Crippen molar-refractivity contribution in [2.75, 3.05) is 6.61 Å². The van der Waals surface area contributed by atoms with Crippen LogP contribution in [0, 0.1) is 11.8 Å². The van der Waals surface area contributed by atoms with Crippen LogP contribution in [-0.4, -0.2) is 37.1 Å². The van der Waals surface area contributed by atoms with E-state index in [-0.39, 0.29) is 17.9 Å². The van der Waals surface area contributed by atoms with Crippen molar-refractivity contribution >= 4 is 26.9 Å². The number of carboxylic acid groups (broad SMARTS) is 1. The number of H-pyrrole nitrogens is 1. The molecule has 7 nitrogen and oxygen atoms in total. The second-order valence-electron chi connectivity index (χ2n) is 6.26. The first-order valence-corrected chi connectivity index (χ1v) is 10.3. The maximum Gasteiger partial charge on any atom is 0.322 e. The van der Waals surface area contributed by atoms with Crippen molar-refractivity contribution in [2.45, 2.75) is 24.3 Å². The van der Waals surface area contributed by atoms with Gasteiger partial charge in [-0.05, 0) is 42.8 Å². The van der Waals surface area contributed by atoms with Crippen LogP contribution in [0.4, 0.5) is 0 Å². The number of benzene rings is 2. The molecule has 0 saturated heterocycles. The van der Waals surface area contributed by atoms with Crippen LogP contribution in [0.15, 0.2) is 59.6 Å². The Hall–Kier alpha value is -3.28. The Kier molecular flexibility index (Phi) is 6.22. The van der Waals surface area contributed by atoms with Gasteiger partial charge < -0.3 is 14.8 Å². The van der Waals surface area contributed by atoms with E-state index in [2.05, 4.69) is 21.5 Å². The molecule has 3 aromatic rings. The molecule has 2 aromatic carbocycles. The van der Waals surface area contributed by atoms with Gasteiger partial charge >= 0.3 is 5.97 Å². The smallest absolute Gasteiger partial charge is 0.322 e. The number of carboxylic acids is 1. The number of hydrogen-bond acceptors (Lipinski definition) is 4. The number of sulfonamides is 1. The number of aliphatic carboxylic acids is 1. The van der Waals surface area contributed by atoms with Crippen LogP contribution in [0.5, 0.6) is 5.75 Å². The largest absolute Gasteiger partial charge is 0.481 e. The zero-order valence-corrected chi connectivity index (χ0v) is 16.5. The molecular formula is C21H20N2O5S. The van der Waals surface area contributed by atoms with Gasteiger partial charge in [0, 0.05) is 23.5 Å². The molecule has 0 radical (unpaired) electrons. The molecule has 0 fully saturated rings. The summed E-state index contributed by atoms with van der Waals surface area (Å²) in [6.45, 7) is 1.90. The molecular weight excluding hydrogens is 392 g/mol. The highest BCUT2D eigenvalue weighted by molar-refractivity contribution is 7.89. The summed E-state index contributed by atoms with van der Waals surface area (Å²) in [5, 5.41) is 10.4. The van der Waals surface area contributed by atoms with Crippen LogP contribution in [0.2, 0.25) is 0 Å². The Morgan fingerprint density at radius 3 is 2.62 bits per heavy atom. The van der Waals surface area contributed by atoms with Gasteiger partial charge in [-0.3, -0.25) is 4.79 Å². The summed E-state index contributed by atoms with van der Waals surface area (Å²) in [5.41, 5.74) is 1.58. The minimum Gasteiger partial charge on any atom is -0.481 e. The molecule has 1 heterocycles. The standard InChI is InChI=1S/C21H20N2O5S/c1-2-3-12-28-16-8-10-17(11-9-16)29(26,27)23-20(21(24)25)13-15-14-22-19-7-5-4-6-18(15)19/h4-11,14,20,22-23H,12-13H2,1H3,(H,24,25)/t20-/m1/s1. The van der Waals surface area contributed by atoms with Gasteiger partial charge in [0.1, 0.15) is 18.4 Å². The second-order valence-corrected chi connectivity index (χ2v) is 7.98. The fraction of sp³-hybridized carbons (Fsp3) is 0.190. The third kappa shape index (κ3) is 4.96. The monoisotopic (exact) mass is 412 g/mol. The summed E-state index contributed by atoms with van der Waals surface area (Å²) in [4.78, 5) is 14.7. The van der Waals surface area contributed by atoms with E-state index in [4.69, 9.17) is 4.74 Å². The number of aromatic nitrogens is 1. The molecule has 0 saturated carbocycles. The van der Waals surface area contributed by atoms with E-state index in [1.165, 1.54) is 24.3 Å². The van der Waals surface area contributed by atoms with E-state index in [1.54, 1.807) is 13.1 Å². The summed E-state index contributed by atoms with van der Waals surface area (Å²) in [6.07, 6.45) is 1.70. The van der Waals surface area contributed by atoms with E-state index in [9.17, 15) is 18.3 Å². The minimum atomic E-state index is -4.03. The molecule has 3 N–H and O–H groups in total. The maximum atomic E-state index is 12.7. The average Bonchev–Trinajstić information content (AvgIpc) is 3.11. The molecule has 150 valence electrons. The normalized spacial score (nSPS) is 12.2. The van der Waals surface area contributed by atoms with E-state index >= 15 is 0 Å². The van der Waals surface area contributed by atoms with Crippen LogP contribution in [-0.2, 0) is 21.2 Å². The maximum absolute atomic E-state index is 12.7. The van der Waals surface area contributed by atoms with Crippen LogP contribution < -0.4 is 9.46 Å². The lowest BCUT2D eigenvalue weighted by Crippen LogP contribution is -2.42. The molecule has 0 bridgehead atoms. The number of ether oxygens (including phenoxy) is 1. The molecule has 0 aliphatic heterocycles. The molecule has 1 atom stereocenters. The summed E-state index contributed by atoms with van der Waals surface area (Å²) in [6, 6.07) is 11.9. The SMILES string of the molecule is CC#CCOc1ccc(S(=O)(=O)N[C@H](Cc2c[nH]c3ccccc23)C(=O)O)cc1. The van der Waals surface area contributed by atoms with E-state index in [0.717, 1.165) is 16.5 Å². The molecule has 1 aromatic heterocycles. The first-order chi connectivity index (χ1) is 13.9. The topological polar surface area (TPSA) is 108 Å². The van der Waals surface area contributed by atoms with E-state index < -0.39 is 22.0 Å². The number of fused-ring (bicyclic) bond motifs is 1. The predicted molar refractivity (Wildman–Crippen MR) is 109 cm³/mol. The lowest BCUT2D eigenvalue weighted by Gasteiger charge is -2.15. The van der Waals surface area contributed by atoms with Crippen molar-refractivity contribution in [3.8, 4) is 17.6 Å². The lowest BCUT2D eigenvalue weighted by molar-refractivity contribution is -0.138. The van der Waals surface area contributed by atoms with Gasteiger partial charge in [0.05, 0.1) is 4.90 Å². The number of para-hydroxylation sites is 1. The van der Waals surface area contributed by atoms with Crippen LogP contribution in [0.1, 0.15) is 12.5 Å². The number of carbonyl (C=O) groups is 1. The summed E-state index contributed by atoms with van der Waals surface area (Å²) < 4.78 is 33.0. The van der Waals surface area contributed by atoms with Crippen molar-refractivity contribution in [1.82, 2.24) is 9.71 Å². The molecule has 0 aliphatic carbocycles. The lowest BCUT2D eigenvalue weighted by atomic mass is 10.1. The first-order valence-electron chi connectivity index (χ1n) is 8.83. The number of hydrogen-bond donors (Lipinski definition) is 3. The Morgan fingerprint density at radius 2 is 1.93 bits per heavy atom. The van der Waals surface area contributed by atoms with Gasteiger partial charge in [-0.2, -0.15) is 4.72 Å². The van der Waals surface area contributed by atoms with Gasteiger partial charge in [-0.25, -0.2) is 8.42 Å². The van der Waals surface area contributed by atoms with Crippen molar-refractivity contribution in [3.63, 3.8) is 0 Å². The quantitative estimate of drug-likeness (QED) is 0.493.